The van der Waals surface area contributed by atoms with Gasteiger partial charge in [-0.25, -0.2) is 13.5 Å². The van der Waals surface area contributed by atoms with Gasteiger partial charge in [0.05, 0.1) is 23.0 Å². The van der Waals surface area contributed by atoms with Crippen LogP contribution in [0.4, 0.5) is 14.5 Å². The number of hydrogen-bond acceptors (Lipinski definition) is 7. The highest BCUT2D eigenvalue weighted by Crippen LogP contribution is 2.36. The maximum Gasteiger partial charge on any atom is 0.299 e. The molecule has 2 N–H and O–H groups in total. The van der Waals surface area contributed by atoms with E-state index < -0.39 is 17.2 Å². The Morgan fingerprint density at radius 1 is 1.48 bits per heavy atom. The van der Waals surface area contributed by atoms with Crippen LogP contribution in [0.15, 0.2) is 28.3 Å². The standard InChI is InChI=1S/C10H9F2N5O3S/c1-20-6-4-5(17(18)19)2-3-7(6)21-10-15-14-9(8(11)12)16(10)13/h2-4,8H,13H2,1H3. The molecule has 112 valence electrons. The smallest absolute Gasteiger partial charge is 0.299 e. The average Bonchev–Trinajstić information content (AvgIpc) is 2.80. The van der Waals surface area contributed by atoms with Crippen molar-refractivity contribution in [2.24, 2.45) is 0 Å². The largest absolute Gasteiger partial charge is 0.495 e. The third kappa shape index (κ3) is 3.02. The highest BCUT2D eigenvalue weighted by Gasteiger charge is 2.20. The molecule has 1 heterocycles. The molecule has 0 radical (unpaired) electrons. The van der Waals surface area contributed by atoms with E-state index in [9.17, 15) is 18.9 Å². The van der Waals surface area contributed by atoms with Crippen LogP contribution in [0.25, 0.3) is 0 Å². The predicted molar refractivity (Wildman–Crippen MR) is 68.9 cm³/mol. The molecule has 2 rings (SSSR count). The molecule has 1 aromatic carbocycles. The molecule has 11 heteroatoms. The summed E-state index contributed by atoms with van der Waals surface area (Å²) in [5.41, 5.74) is -0.154. The molecule has 0 bridgehead atoms. The van der Waals surface area contributed by atoms with Gasteiger partial charge in [-0.2, -0.15) is 0 Å². The van der Waals surface area contributed by atoms with Crippen LogP contribution in [0.2, 0.25) is 0 Å². The van der Waals surface area contributed by atoms with Gasteiger partial charge in [-0.05, 0) is 17.8 Å². The van der Waals surface area contributed by atoms with Gasteiger partial charge in [0.2, 0.25) is 11.0 Å². The number of methoxy groups -OCH3 is 1. The van der Waals surface area contributed by atoms with Crippen LogP contribution in [0.1, 0.15) is 12.2 Å². The molecule has 0 amide bonds. The van der Waals surface area contributed by atoms with Gasteiger partial charge in [-0.1, -0.05) is 0 Å². The van der Waals surface area contributed by atoms with E-state index in [1.165, 1.54) is 25.3 Å². The minimum absolute atomic E-state index is 0.0115. The van der Waals surface area contributed by atoms with Crippen LogP contribution in [-0.2, 0) is 0 Å². The van der Waals surface area contributed by atoms with Crippen molar-refractivity contribution < 1.29 is 18.4 Å². The highest BCUT2D eigenvalue weighted by molar-refractivity contribution is 7.99. The van der Waals surface area contributed by atoms with Crippen molar-refractivity contribution in [3.8, 4) is 5.75 Å². The maximum absolute atomic E-state index is 12.6. The zero-order valence-corrected chi connectivity index (χ0v) is 11.4. The molecule has 8 nitrogen and oxygen atoms in total. The molecule has 0 saturated heterocycles. The molecule has 0 aliphatic carbocycles. The van der Waals surface area contributed by atoms with Crippen LogP contribution in [0.3, 0.4) is 0 Å². The molecule has 0 aliphatic rings. The molecule has 0 atom stereocenters. The Kier molecular flexibility index (Phi) is 4.21. The van der Waals surface area contributed by atoms with E-state index in [2.05, 4.69) is 10.2 Å². The van der Waals surface area contributed by atoms with Crippen LogP contribution in [0.5, 0.6) is 5.75 Å². The minimum atomic E-state index is -2.85. The van der Waals surface area contributed by atoms with Crippen molar-refractivity contribution in [3.05, 3.63) is 34.1 Å². The minimum Gasteiger partial charge on any atom is -0.495 e. The van der Waals surface area contributed by atoms with E-state index in [4.69, 9.17) is 10.6 Å². The van der Waals surface area contributed by atoms with Gasteiger partial charge < -0.3 is 10.6 Å². The number of non-ortho nitro benzene ring substituents is 1. The van der Waals surface area contributed by atoms with E-state index in [1.54, 1.807) is 0 Å². The molecule has 21 heavy (non-hydrogen) atoms. The van der Waals surface area contributed by atoms with E-state index >= 15 is 0 Å². The fourth-order valence-electron chi connectivity index (χ4n) is 1.46. The maximum atomic E-state index is 12.6. The summed E-state index contributed by atoms with van der Waals surface area (Å²) in [5.74, 6) is 5.00. The summed E-state index contributed by atoms with van der Waals surface area (Å²) >= 11 is 0.907. The van der Waals surface area contributed by atoms with Crippen molar-refractivity contribution in [1.82, 2.24) is 14.9 Å². The zero-order valence-electron chi connectivity index (χ0n) is 10.6. The summed E-state index contributed by atoms with van der Waals surface area (Å²) in [4.78, 5) is 10.5. The molecule has 0 aliphatic heterocycles. The topological polar surface area (TPSA) is 109 Å². The van der Waals surface area contributed by atoms with Gasteiger partial charge in [0, 0.05) is 6.07 Å². The Morgan fingerprint density at radius 3 is 2.71 bits per heavy atom. The summed E-state index contributed by atoms with van der Waals surface area (Å²) in [6.45, 7) is 0. The number of rotatable bonds is 5. The van der Waals surface area contributed by atoms with Crippen molar-refractivity contribution in [3.63, 3.8) is 0 Å². The second kappa shape index (κ2) is 5.91. The number of aromatic nitrogens is 3. The SMILES string of the molecule is COc1cc([N+](=O)[O-])ccc1Sc1nnc(C(F)F)n1N. The summed E-state index contributed by atoms with van der Waals surface area (Å²) in [7, 11) is 1.33. The third-order valence-corrected chi connectivity index (χ3v) is 3.46. The summed E-state index contributed by atoms with van der Waals surface area (Å²) in [6.07, 6.45) is -2.85. The first-order chi connectivity index (χ1) is 9.93. The monoisotopic (exact) mass is 317 g/mol. The molecule has 0 spiro atoms. The van der Waals surface area contributed by atoms with Gasteiger partial charge in [0.25, 0.3) is 12.1 Å². The average molecular weight is 317 g/mol. The van der Waals surface area contributed by atoms with Crippen molar-refractivity contribution in [2.75, 3.05) is 13.0 Å². The summed E-state index contributed by atoms with van der Waals surface area (Å²) in [5, 5.41) is 17.5. The number of benzene rings is 1. The Balaban J connectivity index is 2.33. The molecular formula is C10H9F2N5O3S. The molecular weight excluding hydrogens is 308 g/mol. The van der Waals surface area contributed by atoms with E-state index in [1.807, 2.05) is 0 Å². The lowest BCUT2D eigenvalue weighted by Crippen LogP contribution is -2.14. The quantitative estimate of drug-likeness (QED) is 0.510. The summed E-state index contributed by atoms with van der Waals surface area (Å²) in [6, 6.07) is 3.89. The number of ether oxygens (including phenoxy) is 1. The summed E-state index contributed by atoms with van der Waals surface area (Å²) < 4.78 is 30.8. The first kappa shape index (κ1) is 15.0. The number of nitrogens with two attached hydrogens (primary N) is 1. The molecule has 0 unspecified atom stereocenters. The van der Waals surface area contributed by atoms with Gasteiger partial charge in [-0.3, -0.25) is 10.1 Å². The normalized spacial score (nSPS) is 10.9. The fraction of sp³-hybridized carbons (Fsp3) is 0.200. The lowest BCUT2D eigenvalue weighted by Gasteiger charge is -2.07. The molecule has 0 fully saturated rings. The Bertz CT molecular complexity index is 679. The molecule has 2 aromatic rings. The van der Waals surface area contributed by atoms with Crippen LogP contribution < -0.4 is 10.6 Å². The number of nitro groups is 1. The van der Waals surface area contributed by atoms with Crippen LogP contribution in [0, 0.1) is 10.1 Å². The second-order valence-electron chi connectivity index (χ2n) is 3.71. The number of halogens is 2. The third-order valence-electron chi connectivity index (χ3n) is 2.45. The van der Waals surface area contributed by atoms with Crippen LogP contribution in [-0.4, -0.2) is 26.9 Å². The molecule has 0 saturated carbocycles. The van der Waals surface area contributed by atoms with Crippen molar-refractivity contribution >= 4 is 17.4 Å². The van der Waals surface area contributed by atoms with E-state index in [0.717, 1.165) is 11.8 Å². The zero-order chi connectivity index (χ0) is 15.6. The first-order valence-corrected chi connectivity index (χ1v) is 6.24. The van der Waals surface area contributed by atoms with Crippen molar-refractivity contribution in [1.29, 1.82) is 0 Å². The number of nitro benzene ring substituents is 1. The lowest BCUT2D eigenvalue weighted by atomic mass is 10.3. The van der Waals surface area contributed by atoms with Crippen molar-refractivity contribution in [2.45, 2.75) is 16.5 Å². The number of nitrogen functional groups attached to an aromatic ring is 1. The molecule has 1 aromatic heterocycles. The fourth-order valence-corrected chi connectivity index (χ4v) is 2.31. The number of nitrogens with zero attached hydrogens (tertiary/aromatic N) is 4. The van der Waals surface area contributed by atoms with Crippen LogP contribution >= 0.6 is 11.8 Å². The number of alkyl halides is 2. The van der Waals surface area contributed by atoms with Gasteiger partial charge in [0.1, 0.15) is 5.75 Å². The lowest BCUT2D eigenvalue weighted by molar-refractivity contribution is -0.385. The Morgan fingerprint density at radius 2 is 2.19 bits per heavy atom. The predicted octanol–water partition coefficient (Wildman–Crippen LogP) is 2.00. The van der Waals surface area contributed by atoms with E-state index in [-0.39, 0.29) is 16.6 Å². The first-order valence-electron chi connectivity index (χ1n) is 5.43. The second-order valence-corrected chi connectivity index (χ2v) is 4.71. The van der Waals surface area contributed by atoms with E-state index in [0.29, 0.717) is 9.57 Å². The number of hydrogen-bond donors (Lipinski definition) is 1. The Hall–Kier alpha value is -2.43. The van der Waals surface area contributed by atoms with Gasteiger partial charge >= 0.3 is 0 Å². The van der Waals surface area contributed by atoms with Gasteiger partial charge in [0.15, 0.2) is 0 Å². The Labute approximate surface area is 121 Å². The van der Waals surface area contributed by atoms with Gasteiger partial charge in [-0.15, -0.1) is 10.2 Å². The highest BCUT2D eigenvalue weighted by atomic mass is 32.2.